The van der Waals surface area contributed by atoms with Gasteiger partial charge in [0.05, 0.1) is 18.2 Å². The highest BCUT2D eigenvalue weighted by Gasteiger charge is 2.38. The summed E-state index contributed by atoms with van der Waals surface area (Å²) in [5, 5.41) is 9.06. The van der Waals surface area contributed by atoms with Gasteiger partial charge < -0.3 is 15.2 Å². The highest BCUT2D eigenvalue weighted by molar-refractivity contribution is 5.97. The van der Waals surface area contributed by atoms with Crippen LogP contribution in [0.1, 0.15) is 35.7 Å². The molecule has 0 bridgehead atoms. The number of alkyl halides is 2. The number of carbonyl (C=O) groups excluding carboxylic acids is 1. The van der Waals surface area contributed by atoms with E-state index in [-0.39, 0.29) is 42.5 Å². The zero-order valence-electron chi connectivity index (χ0n) is 15.1. The second kappa shape index (κ2) is 8.17. The predicted molar refractivity (Wildman–Crippen MR) is 95.7 cm³/mol. The summed E-state index contributed by atoms with van der Waals surface area (Å²) in [4.78, 5) is 20.7. The minimum absolute atomic E-state index is 0.110. The second-order valence-electron chi connectivity index (χ2n) is 6.33. The summed E-state index contributed by atoms with van der Waals surface area (Å²) in [6.07, 6.45) is -2.60. The summed E-state index contributed by atoms with van der Waals surface area (Å²) < 4.78 is 36.1. The summed E-state index contributed by atoms with van der Waals surface area (Å²) in [7, 11) is 0. The van der Waals surface area contributed by atoms with Gasteiger partial charge in [0.1, 0.15) is 11.9 Å². The van der Waals surface area contributed by atoms with Crippen LogP contribution in [0.2, 0.25) is 0 Å². The van der Waals surface area contributed by atoms with E-state index >= 15 is 0 Å². The van der Waals surface area contributed by atoms with Crippen LogP contribution in [0.3, 0.4) is 0 Å². The molecule has 1 heterocycles. The van der Waals surface area contributed by atoms with Crippen molar-refractivity contribution in [3.05, 3.63) is 35.4 Å². The number of aromatic nitrogens is 2. The van der Waals surface area contributed by atoms with Crippen LogP contribution in [0.5, 0.6) is 5.88 Å². The number of nitrogen functional groups attached to an aromatic ring is 1. The Bertz CT molecular complexity index is 924. The molecule has 0 unspecified atom stereocenters. The number of hydrogen-bond acceptors (Lipinski definition) is 7. The van der Waals surface area contributed by atoms with Gasteiger partial charge in [-0.15, -0.1) is 0 Å². The van der Waals surface area contributed by atoms with Crippen molar-refractivity contribution in [1.82, 2.24) is 9.97 Å². The van der Waals surface area contributed by atoms with Gasteiger partial charge in [0.25, 0.3) is 0 Å². The largest absolute Gasteiger partial charge is 0.474 e. The fourth-order valence-electron chi connectivity index (χ4n) is 2.86. The molecule has 2 aromatic rings. The van der Waals surface area contributed by atoms with E-state index in [0.717, 1.165) is 0 Å². The van der Waals surface area contributed by atoms with Crippen molar-refractivity contribution in [3.63, 3.8) is 0 Å². The molecular weight excluding hydrogens is 370 g/mol. The van der Waals surface area contributed by atoms with E-state index in [4.69, 9.17) is 20.5 Å². The quantitative estimate of drug-likeness (QED) is 0.757. The number of anilines is 1. The normalized spacial score (nSPS) is 18.2. The Hall–Kier alpha value is -3.28. The molecule has 2 N–H and O–H groups in total. The molecule has 0 saturated heterocycles. The highest BCUT2D eigenvalue weighted by atomic mass is 19.3. The number of nitrogens with two attached hydrogens (primary N) is 1. The van der Waals surface area contributed by atoms with Crippen LogP contribution in [-0.4, -0.2) is 35.1 Å². The van der Waals surface area contributed by atoms with Gasteiger partial charge in [0.2, 0.25) is 12.3 Å². The van der Waals surface area contributed by atoms with Gasteiger partial charge >= 0.3 is 5.97 Å². The molecule has 3 rings (SSSR count). The number of nitriles is 1. The van der Waals surface area contributed by atoms with Crippen LogP contribution in [0.4, 0.5) is 14.6 Å². The maximum Gasteiger partial charge on any atom is 0.347 e. The SMILES string of the molecule is CCOC(=O)c1c(N)nc(-c2cccc(C#N)c2)nc1OC1CC(C(F)F)C1. The third kappa shape index (κ3) is 4.01. The van der Waals surface area contributed by atoms with Gasteiger partial charge in [-0.25, -0.2) is 18.6 Å². The smallest absolute Gasteiger partial charge is 0.347 e. The maximum atomic E-state index is 12.7. The zero-order chi connectivity index (χ0) is 20.3. The maximum absolute atomic E-state index is 12.7. The fourth-order valence-corrected chi connectivity index (χ4v) is 2.86. The van der Waals surface area contributed by atoms with Gasteiger partial charge in [0, 0.05) is 11.5 Å². The van der Waals surface area contributed by atoms with Crippen molar-refractivity contribution in [2.45, 2.75) is 32.3 Å². The second-order valence-corrected chi connectivity index (χ2v) is 6.33. The molecule has 0 spiro atoms. The third-order valence-electron chi connectivity index (χ3n) is 4.40. The van der Waals surface area contributed by atoms with Crippen LogP contribution >= 0.6 is 0 Å². The van der Waals surface area contributed by atoms with Crippen LogP contribution in [-0.2, 0) is 4.74 Å². The molecule has 1 saturated carbocycles. The van der Waals surface area contributed by atoms with Crippen LogP contribution < -0.4 is 10.5 Å². The molecule has 146 valence electrons. The van der Waals surface area contributed by atoms with Gasteiger partial charge in [-0.2, -0.15) is 10.2 Å². The van der Waals surface area contributed by atoms with Gasteiger partial charge in [-0.3, -0.25) is 0 Å². The molecular formula is C19H18F2N4O3. The summed E-state index contributed by atoms with van der Waals surface area (Å²) in [5.41, 5.74) is 6.72. The molecule has 0 aliphatic heterocycles. The van der Waals surface area contributed by atoms with Crippen molar-refractivity contribution in [2.75, 3.05) is 12.3 Å². The predicted octanol–water partition coefficient (Wildman–Crippen LogP) is 3.20. The fraction of sp³-hybridized carbons (Fsp3) is 0.368. The first kappa shape index (κ1) is 19.5. The number of ether oxygens (including phenoxy) is 2. The number of esters is 1. The number of carbonyl (C=O) groups is 1. The molecule has 0 amide bonds. The van der Waals surface area contributed by atoms with E-state index in [9.17, 15) is 13.6 Å². The van der Waals surface area contributed by atoms with Crippen molar-refractivity contribution < 1.29 is 23.0 Å². The van der Waals surface area contributed by atoms with Crippen LogP contribution in [0, 0.1) is 17.2 Å². The molecule has 1 aliphatic carbocycles. The summed E-state index contributed by atoms with van der Waals surface area (Å²) in [5.74, 6) is -1.59. The van der Waals surface area contributed by atoms with E-state index in [2.05, 4.69) is 9.97 Å². The average Bonchev–Trinajstić information content (AvgIpc) is 2.63. The molecule has 0 radical (unpaired) electrons. The number of halogens is 2. The first-order valence-corrected chi connectivity index (χ1v) is 8.72. The first-order chi connectivity index (χ1) is 13.4. The first-order valence-electron chi connectivity index (χ1n) is 8.72. The minimum Gasteiger partial charge on any atom is -0.474 e. The molecule has 28 heavy (non-hydrogen) atoms. The minimum atomic E-state index is -2.41. The number of hydrogen-bond donors (Lipinski definition) is 1. The molecule has 9 heteroatoms. The van der Waals surface area contributed by atoms with E-state index in [0.29, 0.717) is 11.1 Å². The number of rotatable bonds is 6. The molecule has 0 atom stereocenters. The Balaban J connectivity index is 1.97. The average molecular weight is 388 g/mol. The molecule has 1 aromatic carbocycles. The lowest BCUT2D eigenvalue weighted by molar-refractivity contribution is -0.0347. The van der Waals surface area contributed by atoms with Crippen molar-refractivity contribution in [1.29, 1.82) is 5.26 Å². The van der Waals surface area contributed by atoms with Gasteiger partial charge in [-0.05, 0) is 31.9 Å². The lowest BCUT2D eigenvalue weighted by Crippen LogP contribution is -2.38. The summed E-state index contributed by atoms with van der Waals surface area (Å²) in [6, 6.07) is 8.54. The Morgan fingerprint density at radius 3 is 2.79 bits per heavy atom. The molecule has 1 aromatic heterocycles. The Morgan fingerprint density at radius 2 is 2.14 bits per heavy atom. The lowest BCUT2D eigenvalue weighted by Gasteiger charge is -2.34. The Kier molecular flexibility index (Phi) is 5.68. The van der Waals surface area contributed by atoms with Crippen molar-refractivity contribution >= 4 is 11.8 Å². The van der Waals surface area contributed by atoms with E-state index < -0.39 is 24.4 Å². The van der Waals surface area contributed by atoms with Gasteiger partial charge in [-0.1, -0.05) is 12.1 Å². The number of benzene rings is 1. The molecule has 1 aliphatic rings. The van der Waals surface area contributed by atoms with Crippen LogP contribution in [0.15, 0.2) is 24.3 Å². The Morgan fingerprint density at radius 1 is 1.39 bits per heavy atom. The summed E-state index contributed by atoms with van der Waals surface area (Å²) in [6.45, 7) is 1.75. The monoisotopic (exact) mass is 388 g/mol. The van der Waals surface area contributed by atoms with E-state index in [1.165, 1.54) is 0 Å². The van der Waals surface area contributed by atoms with Gasteiger partial charge in [0.15, 0.2) is 11.4 Å². The molecule has 7 nitrogen and oxygen atoms in total. The lowest BCUT2D eigenvalue weighted by atomic mass is 9.82. The summed E-state index contributed by atoms with van der Waals surface area (Å²) >= 11 is 0. The topological polar surface area (TPSA) is 111 Å². The van der Waals surface area contributed by atoms with E-state index in [1.54, 1.807) is 31.2 Å². The van der Waals surface area contributed by atoms with Crippen molar-refractivity contribution in [2.24, 2.45) is 5.92 Å². The van der Waals surface area contributed by atoms with Crippen molar-refractivity contribution in [3.8, 4) is 23.3 Å². The molecule has 1 fully saturated rings. The van der Waals surface area contributed by atoms with E-state index in [1.807, 2.05) is 6.07 Å². The number of nitrogens with zero attached hydrogens (tertiary/aromatic N) is 3. The standard InChI is InChI=1S/C19H18F2N4O3/c1-2-27-19(26)14-16(23)24-17(11-5-3-4-10(6-11)9-22)25-18(14)28-13-7-12(8-13)15(20)21/h3-6,12-13,15H,2,7-8H2,1H3,(H2,23,24,25). The Labute approximate surface area is 160 Å². The van der Waals surface area contributed by atoms with Crippen LogP contribution in [0.25, 0.3) is 11.4 Å². The third-order valence-corrected chi connectivity index (χ3v) is 4.40. The highest BCUT2D eigenvalue weighted by Crippen LogP contribution is 2.37. The zero-order valence-corrected chi connectivity index (χ0v) is 15.1.